The van der Waals surface area contributed by atoms with E-state index in [1.165, 1.54) is 10.4 Å². The van der Waals surface area contributed by atoms with Crippen molar-refractivity contribution in [2.75, 3.05) is 12.5 Å². The van der Waals surface area contributed by atoms with Gasteiger partial charge in [-0.25, -0.2) is 0 Å². The molecule has 2 nitrogen and oxygen atoms in total. The smallest absolute Gasteiger partial charge is 0.261 e. The van der Waals surface area contributed by atoms with Gasteiger partial charge in [0.25, 0.3) is 8.32 Å². The Balaban J connectivity index is 2.39. The predicted octanol–water partition coefficient (Wildman–Crippen LogP) is 3.56. The Morgan fingerprint density at radius 3 is 1.92 bits per heavy atom. The molecule has 1 N–H and O–H groups in total. The molecule has 0 saturated carbocycles. The second kappa shape index (κ2) is 9.39. The lowest BCUT2D eigenvalue weighted by Gasteiger charge is -2.43. The number of hydrogen-bond donors (Lipinski definition) is 1. The summed E-state index contributed by atoms with van der Waals surface area (Å²) < 4.78 is 6.70. The van der Waals surface area contributed by atoms with E-state index < -0.39 is 14.4 Å². The van der Waals surface area contributed by atoms with Gasteiger partial charge in [0.05, 0.1) is 5.88 Å². The summed E-state index contributed by atoms with van der Waals surface area (Å²) in [5.41, 5.74) is 0. The standard InChI is InChI=1S/C22H27ClO2Si/c1-22(2,3)26(20-13-6-4-7-14-20,21-15-8-5-9-16-21)25-17-11-10-12-19(24)18-23/h4-9,13-16,19,24H,11,17-18H2,1-3H3/t19-/m0/s1. The largest absolute Gasteiger partial charge is 0.406 e. The molecule has 0 fully saturated rings. The molecule has 0 aliphatic heterocycles. The van der Waals surface area contributed by atoms with Gasteiger partial charge in [-0.05, 0) is 15.4 Å². The second-order valence-electron chi connectivity index (χ2n) is 7.25. The van der Waals surface area contributed by atoms with Gasteiger partial charge in [0.1, 0.15) is 6.10 Å². The molecule has 2 rings (SSSR count). The van der Waals surface area contributed by atoms with Crippen molar-refractivity contribution >= 4 is 30.3 Å². The van der Waals surface area contributed by atoms with Crippen LogP contribution in [0.5, 0.6) is 0 Å². The van der Waals surface area contributed by atoms with E-state index in [1.807, 2.05) is 12.1 Å². The van der Waals surface area contributed by atoms with Crippen LogP contribution in [0.3, 0.4) is 0 Å². The third-order valence-electron chi connectivity index (χ3n) is 4.38. The molecule has 0 spiro atoms. The minimum atomic E-state index is -2.49. The van der Waals surface area contributed by atoms with Gasteiger partial charge in [-0.3, -0.25) is 0 Å². The lowest BCUT2D eigenvalue weighted by Crippen LogP contribution is -2.66. The van der Waals surface area contributed by atoms with Gasteiger partial charge in [-0.2, -0.15) is 0 Å². The molecule has 0 aromatic heterocycles. The first-order valence-electron chi connectivity index (χ1n) is 8.89. The first-order chi connectivity index (χ1) is 12.4. The van der Waals surface area contributed by atoms with Crippen LogP contribution in [0.4, 0.5) is 0 Å². The van der Waals surface area contributed by atoms with Gasteiger partial charge in [-0.1, -0.05) is 93.3 Å². The highest BCUT2D eigenvalue weighted by Gasteiger charge is 2.49. The van der Waals surface area contributed by atoms with Crippen LogP contribution in [0, 0.1) is 11.8 Å². The highest BCUT2D eigenvalue weighted by Crippen LogP contribution is 2.36. The van der Waals surface area contributed by atoms with E-state index >= 15 is 0 Å². The SMILES string of the molecule is CC(C)(C)[Si](OCCC#C[C@H](O)CCl)(c1ccccc1)c1ccccc1. The molecule has 0 radical (unpaired) electrons. The van der Waals surface area contributed by atoms with Gasteiger partial charge >= 0.3 is 0 Å². The number of hydrogen-bond acceptors (Lipinski definition) is 2. The van der Waals surface area contributed by atoms with Crippen molar-refractivity contribution in [1.82, 2.24) is 0 Å². The van der Waals surface area contributed by atoms with Crippen LogP contribution < -0.4 is 10.4 Å². The molecule has 0 aliphatic rings. The average Bonchev–Trinajstić information content (AvgIpc) is 2.65. The monoisotopic (exact) mass is 386 g/mol. The van der Waals surface area contributed by atoms with E-state index in [0.29, 0.717) is 13.0 Å². The van der Waals surface area contributed by atoms with Crippen LogP contribution in [0.2, 0.25) is 5.04 Å². The fourth-order valence-corrected chi connectivity index (χ4v) is 7.89. The van der Waals surface area contributed by atoms with Gasteiger partial charge in [-0.15, -0.1) is 11.6 Å². The molecular weight excluding hydrogens is 360 g/mol. The third kappa shape index (κ3) is 4.78. The molecule has 26 heavy (non-hydrogen) atoms. The highest BCUT2D eigenvalue weighted by atomic mass is 35.5. The molecule has 2 aromatic rings. The molecule has 2 aromatic carbocycles. The molecule has 0 saturated heterocycles. The first kappa shape index (κ1) is 20.7. The predicted molar refractivity (Wildman–Crippen MR) is 113 cm³/mol. The van der Waals surface area contributed by atoms with Crippen molar-refractivity contribution in [1.29, 1.82) is 0 Å². The van der Waals surface area contributed by atoms with Gasteiger partial charge in [0.2, 0.25) is 0 Å². The van der Waals surface area contributed by atoms with E-state index in [2.05, 4.69) is 81.1 Å². The molecule has 1 atom stereocenters. The molecule has 138 valence electrons. The minimum absolute atomic E-state index is 0.0429. The average molecular weight is 387 g/mol. The zero-order valence-corrected chi connectivity index (χ0v) is 17.5. The maximum Gasteiger partial charge on any atom is 0.261 e. The molecule has 0 bridgehead atoms. The van der Waals surface area contributed by atoms with E-state index in [1.54, 1.807) is 0 Å². The lowest BCUT2D eigenvalue weighted by molar-refractivity contribution is 0.256. The molecular formula is C22H27ClO2Si. The van der Waals surface area contributed by atoms with Crippen LogP contribution >= 0.6 is 11.6 Å². The van der Waals surface area contributed by atoms with Crippen molar-refractivity contribution in [2.45, 2.75) is 38.3 Å². The summed E-state index contributed by atoms with van der Waals surface area (Å²) in [4.78, 5) is 0. The topological polar surface area (TPSA) is 29.5 Å². The summed E-state index contributed by atoms with van der Waals surface area (Å²) in [6.07, 6.45) is -0.206. The zero-order valence-electron chi connectivity index (χ0n) is 15.7. The van der Waals surface area contributed by atoms with Gasteiger partial charge in [0, 0.05) is 13.0 Å². The molecule has 0 amide bonds. The Morgan fingerprint density at radius 1 is 1.00 bits per heavy atom. The summed E-state index contributed by atoms with van der Waals surface area (Å²) in [6, 6.07) is 21.1. The Kier molecular flexibility index (Phi) is 7.49. The first-order valence-corrected chi connectivity index (χ1v) is 11.3. The summed E-state index contributed by atoms with van der Waals surface area (Å²) in [7, 11) is -2.49. The van der Waals surface area contributed by atoms with Crippen LogP contribution in [0.1, 0.15) is 27.2 Å². The summed E-state index contributed by atoms with van der Waals surface area (Å²) in [5, 5.41) is 11.9. The number of alkyl halides is 1. The summed E-state index contributed by atoms with van der Waals surface area (Å²) >= 11 is 5.58. The second-order valence-corrected chi connectivity index (χ2v) is 11.9. The van der Waals surface area contributed by atoms with Crippen molar-refractivity contribution in [3.05, 3.63) is 60.7 Å². The summed E-state index contributed by atoms with van der Waals surface area (Å²) in [5.74, 6) is 5.85. The Bertz CT molecular complexity index is 690. The van der Waals surface area contributed by atoms with Crippen molar-refractivity contribution in [3.8, 4) is 11.8 Å². The fourth-order valence-electron chi connectivity index (χ4n) is 3.25. The van der Waals surface area contributed by atoms with Crippen LogP contribution in [-0.2, 0) is 4.43 Å². The van der Waals surface area contributed by atoms with Crippen LogP contribution in [0.25, 0.3) is 0 Å². The molecule has 0 aliphatic carbocycles. The van der Waals surface area contributed by atoms with Crippen LogP contribution in [-0.4, -0.2) is 32.0 Å². The molecule has 4 heteroatoms. The molecule has 0 heterocycles. The van der Waals surface area contributed by atoms with Crippen LogP contribution in [0.15, 0.2) is 60.7 Å². The highest BCUT2D eigenvalue weighted by molar-refractivity contribution is 6.99. The van der Waals surface area contributed by atoms with Crippen molar-refractivity contribution in [2.24, 2.45) is 0 Å². The Morgan fingerprint density at radius 2 is 1.50 bits per heavy atom. The van der Waals surface area contributed by atoms with Gasteiger partial charge in [0.15, 0.2) is 0 Å². The number of benzene rings is 2. The van der Waals surface area contributed by atoms with E-state index in [-0.39, 0.29) is 10.9 Å². The Labute approximate surface area is 163 Å². The normalized spacial score (nSPS) is 13.0. The van der Waals surface area contributed by atoms with Gasteiger partial charge < -0.3 is 9.53 Å². The van der Waals surface area contributed by atoms with Crippen molar-refractivity contribution in [3.63, 3.8) is 0 Å². The summed E-state index contributed by atoms with van der Waals surface area (Å²) in [6.45, 7) is 7.28. The quantitative estimate of drug-likeness (QED) is 0.356. The fraction of sp³-hybridized carbons (Fsp3) is 0.364. The number of aliphatic hydroxyl groups is 1. The Hall–Kier alpha value is -1.57. The number of halogens is 1. The maximum atomic E-state index is 9.46. The number of aliphatic hydroxyl groups excluding tert-OH is 1. The maximum absolute atomic E-state index is 9.46. The van der Waals surface area contributed by atoms with E-state index in [9.17, 15) is 5.11 Å². The lowest BCUT2D eigenvalue weighted by atomic mass is 10.2. The number of rotatable bonds is 6. The minimum Gasteiger partial charge on any atom is -0.406 e. The van der Waals surface area contributed by atoms with E-state index in [0.717, 1.165) is 0 Å². The third-order valence-corrected chi connectivity index (χ3v) is 9.71. The van der Waals surface area contributed by atoms with Crippen molar-refractivity contribution < 1.29 is 9.53 Å². The molecule has 0 unspecified atom stereocenters. The van der Waals surface area contributed by atoms with E-state index in [4.69, 9.17) is 16.0 Å². The zero-order chi connectivity index (χ0) is 19.0.